The van der Waals surface area contributed by atoms with Crippen molar-refractivity contribution in [3.05, 3.63) is 35.2 Å². The van der Waals surface area contributed by atoms with Gasteiger partial charge in [0.1, 0.15) is 11.4 Å². The standard InChI is InChI=1S/C17H25N5O4S/c1-6-18-14-7-13(8-15(9-14)27(24,25)21-11(2)3)17(23)22(5)10-16-12(4)19-26-20-16/h7-9,11,18,21H,6,10H2,1-5H3. The highest BCUT2D eigenvalue weighted by molar-refractivity contribution is 7.89. The fourth-order valence-electron chi connectivity index (χ4n) is 2.47. The first-order chi connectivity index (χ1) is 12.6. The molecule has 1 amide bonds. The molecule has 148 valence electrons. The van der Waals surface area contributed by atoms with E-state index in [0.717, 1.165) is 0 Å². The Balaban J connectivity index is 2.36. The smallest absolute Gasteiger partial charge is 0.254 e. The van der Waals surface area contributed by atoms with Crippen LogP contribution in [0.2, 0.25) is 0 Å². The summed E-state index contributed by atoms with van der Waals surface area (Å²) >= 11 is 0. The number of anilines is 1. The van der Waals surface area contributed by atoms with Gasteiger partial charge in [0.15, 0.2) is 0 Å². The second-order valence-electron chi connectivity index (χ2n) is 6.51. The normalized spacial score (nSPS) is 11.6. The minimum Gasteiger partial charge on any atom is -0.385 e. The fraction of sp³-hybridized carbons (Fsp3) is 0.471. The number of hydrogen-bond acceptors (Lipinski definition) is 7. The van der Waals surface area contributed by atoms with Crippen molar-refractivity contribution in [2.24, 2.45) is 0 Å². The monoisotopic (exact) mass is 395 g/mol. The van der Waals surface area contributed by atoms with Crippen LogP contribution in [0.15, 0.2) is 27.7 Å². The van der Waals surface area contributed by atoms with E-state index in [0.29, 0.717) is 23.6 Å². The molecule has 2 rings (SSSR count). The quantitative estimate of drug-likeness (QED) is 0.699. The van der Waals surface area contributed by atoms with Crippen molar-refractivity contribution < 1.29 is 17.8 Å². The Morgan fingerprint density at radius 2 is 1.96 bits per heavy atom. The molecule has 0 fully saturated rings. The summed E-state index contributed by atoms with van der Waals surface area (Å²) < 4.78 is 32.3. The molecule has 1 aromatic carbocycles. The Kier molecular flexibility index (Phi) is 6.55. The Hall–Kier alpha value is -2.46. The van der Waals surface area contributed by atoms with Gasteiger partial charge in [0.25, 0.3) is 5.91 Å². The minimum atomic E-state index is -3.74. The number of aryl methyl sites for hydroxylation is 1. The Morgan fingerprint density at radius 3 is 2.52 bits per heavy atom. The van der Waals surface area contributed by atoms with E-state index in [1.807, 2.05) is 6.92 Å². The van der Waals surface area contributed by atoms with Crippen LogP contribution in [0.3, 0.4) is 0 Å². The van der Waals surface area contributed by atoms with Gasteiger partial charge in [0.05, 0.1) is 11.4 Å². The molecule has 0 radical (unpaired) electrons. The van der Waals surface area contributed by atoms with Crippen molar-refractivity contribution in [1.82, 2.24) is 19.9 Å². The molecule has 0 saturated carbocycles. The van der Waals surface area contributed by atoms with Crippen LogP contribution >= 0.6 is 0 Å². The third-order valence-corrected chi connectivity index (χ3v) is 5.35. The highest BCUT2D eigenvalue weighted by atomic mass is 32.2. The lowest BCUT2D eigenvalue weighted by molar-refractivity contribution is 0.0781. The fourth-order valence-corrected chi connectivity index (χ4v) is 3.79. The van der Waals surface area contributed by atoms with Crippen LogP contribution in [0.4, 0.5) is 5.69 Å². The minimum absolute atomic E-state index is 0.0330. The Morgan fingerprint density at radius 1 is 1.26 bits per heavy atom. The number of carbonyl (C=O) groups is 1. The zero-order chi connectivity index (χ0) is 20.2. The lowest BCUT2D eigenvalue weighted by Gasteiger charge is -2.18. The number of nitrogens with zero attached hydrogens (tertiary/aromatic N) is 3. The molecule has 2 N–H and O–H groups in total. The average Bonchev–Trinajstić information content (AvgIpc) is 2.98. The lowest BCUT2D eigenvalue weighted by Crippen LogP contribution is -2.31. The summed E-state index contributed by atoms with van der Waals surface area (Å²) in [5.74, 6) is -0.335. The van der Waals surface area contributed by atoms with E-state index in [1.165, 1.54) is 17.0 Å². The van der Waals surface area contributed by atoms with Gasteiger partial charge in [0.2, 0.25) is 10.0 Å². The van der Waals surface area contributed by atoms with Crippen LogP contribution in [-0.4, -0.2) is 49.2 Å². The molecule has 0 aliphatic heterocycles. The van der Waals surface area contributed by atoms with E-state index in [2.05, 4.69) is 25.0 Å². The van der Waals surface area contributed by atoms with E-state index in [1.54, 1.807) is 33.9 Å². The summed E-state index contributed by atoms with van der Waals surface area (Å²) in [6.07, 6.45) is 0. The predicted octanol–water partition coefficient (Wildman–Crippen LogP) is 1.77. The van der Waals surface area contributed by atoms with E-state index in [4.69, 9.17) is 0 Å². The van der Waals surface area contributed by atoms with Crippen LogP contribution < -0.4 is 10.0 Å². The number of amides is 1. The van der Waals surface area contributed by atoms with Crippen LogP contribution in [0.25, 0.3) is 0 Å². The second-order valence-corrected chi connectivity index (χ2v) is 8.22. The molecular formula is C17H25N5O4S. The molecule has 0 atom stereocenters. The summed E-state index contributed by atoms with van der Waals surface area (Å²) in [6, 6.07) is 4.25. The summed E-state index contributed by atoms with van der Waals surface area (Å²) in [4.78, 5) is 14.3. The zero-order valence-corrected chi connectivity index (χ0v) is 16.9. The Labute approximate surface area is 159 Å². The predicted molar refractivity (Wildman–Crippen MR) is 101 cm³/mol. The maximum absolute atomic E-state index is 12.8. The molecule has 0 unspecified atom stereocenters. The van der Waals surface area contributed by atoms with Crippen LogP contribution in [0, 0.1) is 6.92 Å². The van der Waals surface area contributed by atoms with E-state index >= 15 is 0 Å². The summed E-state index contributed by atoms with van der Waals surface area (Å²) in [5, 5.41) is 10.5. The average molecular weight is 395 g/mol. The van der Waals surface area contributed by atoms with Gasteiger partial charge in [-0.1, -0.05) is 10.3 Å². The van der Waals surface area contributed by atoms with Gasteiger partial charge >= 0.3 is 0 Å². The van der Waals surface area contributed by atoms with Crippen LogP contribution in [0.1, 0.15) is 42.5 Å². The number of hydrogen-bond donors (Lipinski definition) is 2. The van der Waals surface area contributed by atoms with Gasteiger partial charge in [0, 0.05) is 30.9 Å². The molecule has 0 aliphatic rings. The summed E-state index contributed by atoms with van der Waals surface area (Å²) in [7, 11) is -2.13. The maximum Gasteiger partial charge on any atom is 0.254 e. The first-order valence-corrected chi connectivity index (χ1v) is 10.1. The number of rotatable bonds is 8. The second kappa shape index (κ2) is 8.49. The molecule has 0 spiro atoms. The molecule has 9 nitrogen and oxygen atoms in total. The van der Waals surface area contributed by atoms with Crippen molar-refractivity contribution in [2.75, 3.05) is 18.9 Å². The van der Waals surface area contributed by atoms with Crippen molar-refractivity contribution >= 4 is 21.6 Å². The third-order valence-electron chi connectivity index (χ3n) is 3.72. The van der Waals surface area contributed by atoms with Gasteiger partial charge < -0.3 is 10.2 Å². The Bertz CT molecular complexity index is 908. The maximum atomic E-state index is 12.8. The molecular weight excluding hydrogens is 370 g/mol. The van der Waals surface area contributed by atoms with Crippen LogP contribution in [0.5, 0.6) is 0 Å². The molecule has 1 heterocycles. The highest BCUT2D eigenvalue weighted by Crippen LogP contribution is 2.21. The summed E-state index contributed by atoms with van der Waals surface area (Å²) in [5.41, 5.74) is 1.96. The van der Waals surface area contributed by atoms with Gasteiger partial charge in [-0.2, -0.15) is 0 Å². The largest absolute Gasteiger partial charge is 0.385 e. The van der Waals surface area contributed by atoms with Crippen molar-refractivity contribution in [3.63, 3.8) is 0 Å². The van der Waals surface area contributed by atoms with Gasteiger partial charge in [-0.05, 0) is 45.9 Å². The van der Waals surface area contributed by atoms with E-state index < -0.39 is 10.0 Å². The highest BCUT2D eigenvalue weighted by Gasteiger charge is 2.21. The SMILES string of the molecule is CCNc1cc(C(=O)N(C)Cc2nonc2C)cc(S(=O)(=O)NC(C)C)c1. The first-order valence-electron chi connectivity index (χ1n) is 8.58. The molecule has 1 aromatic heterocycles. The van der Waals surface area contributed by atoms with Gasteiger partial charge in [-0.15, -0.1) is 0 Å². The first kappa shape index (κ1) is 20.8. The lowest BCUT2D eigenvalue weighted by atomic mass is 10.1. The van der Waals surface area contributed by atoms with E-state index in [9.17, 15) is 13.2 Å². The number of sulfonamides is 1. The third kappa shape index (κ3) is 5.27. The summed E-state index contributed by atoms with van der Waals surface area (Å²) in [6.45, 7) is 7.89. The van der Waals surface area contributed by atoms with Gasteiger partial charge in [-0.3, -0.25) is 4.79 Å². The molecule has 0 aliphatic carbocycles. The number of carbonyl (C=O) groups excluding carboxylic acids is 1. The van der Waals surface area contributed by atoms with Gasteiger partial charge in [-0.25, -0.2) is 17.8 Å². The molecule has 2 aromatic rings. The molecule has 0 saturated heterocycles. The van der Waals surface area contributed by atoms with Crippen molar-refractivity contribution in [3.8, 4) is 0 Å². The molecule has 0 bridgehead atoms. The number of aromatic nitrogens is 2. The van der Waals surface area contributed by atoms with Crippen molar-refractivity contribution in [1.29, 1.82) is 0 Å². The molecule has 27 heavy (non-hydrogen) atoms. The molecule has 10 heteroatoms. The van der Waals surface area contributed by atoms with E-state index in [-0.39, 0.29) is 29.0 Å². The van der Waals surface area contributed by atoms with Crippen LogP contribution in [-0.2, 0) is 16.6 Å². The van der Waals surface area contributed by atoms with Crippen molar-refractivity contribution in [2.45, 2.75) is 45.2 Å². The topological polar surface area (TPSA) is 117 Å². The zero-order valence-electron chi connectivity index (χ0n) is 16.1. The number of nitrogens with one attached hydrogen (secondary N) is 2. The number of benzene rings is 1.